The van der Waals surface area contributed by atoms with Gasteiger partial charge in [-0.1, -0.05) is 37.1 Å². The van der Waals surface area contributed by atoms with Crippen LogP contribution in [-0.4, -0.2) is 43.5 Å². The second kappa shape index (κ2) is 6.64. The van der Waals surface area contributed by atoms with Gasteiger partial charge in [0.25, 0.3) is 5.91 Å². The van der Waals surface area contributed by atoms with E-state index in [1.54, 1.807) is 6.20 Å². The van der Waals surface area contributed by atoms with Crippen LogP contribution in [0.5, 0.6) is 0 Å². The van der Waals surface area contributed by atoms with Crippen molar-refractivity contribution in [2.45, 2.75) is 42.8 Å². The number of nitrogens with zero attached hydrogens (tertiary/aromatic N) is 3. The Hall–Kier alpha value is -2.55. The highest BCUT2D eigenvalue weighted by atomic mass is 32.2. The summed E-state index contributed by atoms with van der Waals surface area (Å²) in [4.78, 5) is 41.3. The van der Waals surface area contributed by atoms with Gasteiger partial charge in [-0.15, -0.1) is 0 Å². The van der Waals surface area contributed by atoms with Gasteiger partial charge in [0.2, 0.25) is 5.91 Å². The molecule has 0 unspecified atom stereocenters. The number of carbonyl (C=O) groups excluding carboxylic acids is 3. The summed E-state index contributed by atoms with van der Waals surface area (Å²) >= 11 is 1.25. The van der Waals surface area contributed by atoms with Crippen molar-refractivity contribution in [3.63, 3.8) is 0 Å². The normalized spacial score (nSPS) is 19.2. The number of carbonyl (C=O) groups is 3. The first-order chi connectivity index (χ1) is 12.6. The number of hydrazine groups is 1. The topological polar surface area (TPSA) is 95.8 Å². The summed E-state index contributed by atoms with van der Waals surface area (Å²) in [5, 5.41) is 4.28. The van der Waals surface area contributed by atoms with Crippen LogP contribution in [0.1, 0.15) is 32.1 Å². The molecule has 1 saturated heterocycles. The van der Waals surface area contributed by atoms with Gasteiger partial charge in [-0.05, 0) is 25.0 Å². The van der Waals surface area contributed by atoms with Crippen LogP contribution >= 0.6 is 11.8 Å². The molecule has 136 valence electrons. The number of pyridine rings is 1. The predicted molar refractivity (Wildman–Crippen MR) is 95.3 cm³/mol. The van der Waals surface area contributed by atoms with E-state index in [-0.39, 0.29) is 11.7 Å². The summed E-state index contributed by atoms with van der Waals surface area (Å²) in [6.07, 6.45) is 7.70. The quantitative estimate of drug-likeness (QED) is 0.628. The first-order valence-corrected chi connectivity index (χ1v) is 9.59. The fourth-order valence-corrected chi connectivity index (χ4v) is 4.29. The van der Waals surface area contributed by atoms with Crippen LogP contribution < -0.4 is 10.7 Å². The number of hydrogen-bond donors (Lipinski definition) is 2. The molecule has 0 aromatic carbocycles. The molecular formula is C17H19N5O3S. The standard InChI is InChI=1S/C17H19N5O3S/c23-13(11-26-16-18-10-12-6-2-5-9-21(12)16)20-22-14(24)17(19-15(22)25)7-3-1-4-8-17/h2,5-6,9-10H,1,3-4,7-8,11H2,(H,19,25)(H,20,23). The molecule has 0 bridgehead atoms. The first kappa shape index (κ1) is 16.9. The van der Waals surface area contributed by atoms with E-state index in [1.165, 1.54) is 11.8 Å². The van der Waals surface area contributed by atoms with E-state index in [0.717, 1.165) is 29.8 Å². The third-order valence-corrected chi connectivity index (χ3v) is 5.81. The first-order valence-electron chi connectivity index (χ1n) is 8.60. The fourth-order valence-electron chi connectivity index (χ4n) is 3.53. The van der Waals surface area contributed by atoms with Gasteiger partial charge < -0.3 is 5.32 Å². The van der Waals surface area contributed by atoms with Crippen molar-refractivity contribution in [3.8, 4) is 0 Å². The molecule has 3 heterocycles. The molecule has 1 spiro atoms. The number of hydrogen-bond acceptors (Lipinski definition) is 5. The molecule has 8 nitrogen and oxygen atoms in total. The third kappa shape index (κ3) is 2.92. The van der Waals surface area contributed by atoms with Crippen LogP contribution in [0.2, 0.25) is 0 Å². The fraction of sp³-hybridized carbons (Fsp3) is 0.412. The number of imidazole rings is 1. The number of aromatic nitrogens is 2. The predicted octanol–water partition coefficient (Wildman–Crippen LogP) is 1.71. The molecule has 2 aromatic rings. The van der Waals surface area contributed by atoms with Gasteiger partial charge in [-0.2, -0.15) is 5.01 Å². The monoisotopic (exact) mass is 373 g/mol. The van der Waals surface area contributed by atoms with E-state index in [2.05, 4.69) is 15.7 Å². The summed E-state index contributed by atoms with van der Waals surface area (Å²) in [7, 11) is 0. The van der Waals surface area contributed by atoms with Gasteiger partial charge in [0.15, 0.2) is 5.16 Å². The van der Waals surface area contributed by atoms with E-state index in [4.69, 9.17) is 0 Å². The van der Waals surface area contributed by atoms with Gasteiger partial charge in [-0.3, -0.25) is 19.4 Å². The minimum absolute atomic E-state index is 0.0536. The molecular weight excluding hydrogens is 354 g/mol. The Morgan fingerprint density at radius 1 is 1.27 bits per heavy atom. The van der Waals surface area contributed by atoms with Crippen molar-refractivity contribution in [1.29, 1.82) is 0 Å². The molecule has 4 amide bonds. The van der Waals surface area contributed by atoms with Gasteiger partial charge in [0.1, 0.15) is 5.54 Å². The van der Waals surface area contributed by atoms with Crippen molar-refractivity contribution in [3.05, 3.63) is 30.6 Å². The second-order valence-corrected chi connectivity index (χ2v) is 7.52. The van der Waals surface area contributed by atoms with E-state index in [1.807, 2.05) is 28.8 Å². The van der Waals surface area contributed by atoms with Crippen LogP contribution in [-0.2, 0) is 9.59 Å². The van der Waals surface area contributed by atoms with Crippen LogP contribution in [0.4, 0.5) is 4.79 Å². The maximum atomic E-state index is 12.6. The van der Waals surface area contributed by atoms with E-state index in [0.29, 0.717) is 18.0 Å². The zero-order valence-electron chi connectivity index (χ0n) is 14.1. The molecule has 1 aliphatic carbocycles. The molecule has 1 aliphatic heterocycles. The van der Waals surface area contributed by atoms with Crippen molar-refractivity contribution in [2.75, 3.05) is 5.75 Å². The molecule has 2 aliphatic rings. The van der Waals surface area contributed by atoms with Crippen molar-refractivity contribution in [1.82, 2.24) is 25.1 Å². The minimum atomic E-state index is -0.838. The lowest BCUT2D eigenvalue weighted by molar-refractivity contribution is -0.139. The molecule has 1 saturated carbocycles. The Balaban J connectivity index is 1.39. The molecule has 2 aromatic heterocycles. The van der Waals surface area contributed by atoms with Gasteiger partial charge in [0, 0.05) is 6.20 Å². The highest BCUT2D eigenvalue weighted by Gasteiger charge is 2.52. The van der Waals surface area contributed by atoms with Crippen molar-refractivity contribution < 1.29 is 14.4 Å². The van der Waals surface area contributed by atoms with E-state index < -0.39 is 17.5 Å². The summed E-state index contributed by atoms with van der Waals surface area (Å²) < 4.78 is 1.88. The third-order valence-electron chi connectivity index (χ3n) is 4.84. The summed E-state index contributed by atoms with van der Waals surface area (Å²) in [5.74, 6) is -0.719. The number of imide groups is 1. The minimum Gasteiger partial charge on any atom is -0.322 e. The zero-order chi connectivity index (χ0) is 18.1. The molecule has 0 radical (unpaired) electrons. The number of fused-ring (bicyclic) bond motifs is 1. The lowest BCUT2D eigenvalue weighted by Crippen LogP contribution is -2.51. The summed E-state index contributed by atoms with van der Waals surface area (Å²) in [6.45, 7) is 0. The maximum Gasteiger partial charge on any atom is 0.344 e. The van der Waals surface area contributed by atoms with Gasteiger partial charge >= 0.3 is 6.03 Å². The van der Waals surface area contributed by atoms with Crippen LogP contribution in [0.25, 0.3) is 5.52 Å². The molecule has 0 atom stereocenters. The van der Waals surface area contributed by atoms with Crippen LogP contribution in [0.15, 0.2) is 35.7 Å². The number of urea groups is 1. The highest BCUT2D eigenvalue weighted by Crippen LogP contribution is 2.33. The zero-order valence-corrected chi connectivity index (χ0v) is 14.9. The Morgan fingerprint density at radius 3 is 2.88 bits per heavy atom. The van der Waals surface area contributed by atoms with E-state index >= 15 is 0 Å². The average Bonchev–Trinajstić information content (AvgIpc) is 3.16. The smallest absolute Gasteiger partial charge is 0.322 e. The van der Waals surface area contributed by atoms with Crippen molar-refractivity contribution in [2.24, 2.45) is 0 Å². The lowest BCUT2D eigenvalue weighted by Gasteiger charge is -2.30. The number of amides is 4. The van der Waals surface area contributed by atoms with Crippen molar-refractivity contribution >= 4 is 35.1 Å². The molecule has 2 fully saturated rings. The maximum absolute atomic E-state index is 12.6. The number of rotatable bonds is 4. The Morgan fingerprint density at radius 2 is 2.08 bits per heavy atom. The average molecular weight is 373 g/mol. The molecule has 2 N–H and O–H groups in total. The summed E-state index contributed by atoms with van der Waals surface area (Å²) in [6, 6.07) is 5.17. The molecule has 9 heteroatoms. The molecule has 4 rings (SSSR count). The van der Waals surface area contributed by atoms with Gasteiger partial charge in [-0.25, -0.2) is 9.78 Å². The Kier molecular flexibility index (Phi) is 4.31. The molecule has 26 heavy (non-hydrogen) atoms. The highest BCUT2D eigenvalue weighted by molar-refractivity contribution is 7.99. The Labute approximate surface area is 154 Å². The Bertz CT molecular complexity index is 874. The van der Waals surface area contributed by atoms with Crippen LogP contribution in [0.3, 0.4) is 0 Å². The van der Waals surface area contributed by atoms with Gasteiger partial charge in [0.05, 0.1) is 17.5 Å². The number of nitrogens with one attached hydrogen (secondary N) is 2. The van der Waals surface area contributed by atoms with E-state index in [9.17, 15) is 14.4 Å². The lowest BCUT2D eigenvalue weighted by atomic mass is 9.82. The largest absolute Gasteiger partial charge is 0.344 e. The number of thioether (sulfide) groups is 1. The van der Waals surface area contributed by atoms with Crippen LogP contribution in [0, 0.1) is 0 Å². The summed E-state index contributed by atoms with van der Waals surface area (Å²) in [5.41, 5.74) is 2.53. The SMILES string of the molecule is O=C(CSc1ncc2ccccn12)NN1C(=O)NC2(CCCCC2)C1=O. The second-order valence-electron chi connectivity index (χ2n) is 6.57.